The zero-order valence-corrected chi connectivity index (χ0v) is 10.2. The fourth-order valence-electron chi connectivity index (χ4n) is 1.97. The van der Waals surface area contributed by atoms with Gasteiger partial charge in [-0.1, -0.05) is 6.42 Å². The van der Waals surface area contributed by atoms with Crippen LogP contribution < -0.4 is 0 Å². The van der Waals surface area contributed by atoms with Gasteiger partial charge in [-0.3, -0.25) is 0 Å². The van der Waals surface area contributed by atoms with Gasteiger partial charge in [-0.2, -0.15) is 13.2 Å². The summed E-state index contributed by atoms with van der Waals surface area (Å²) in [5, 5.41) is 0. The van der Waals surface area contributed by atoms with Crippen molar-refractivity contribution in [2.24, 2.45) is 0 Å². The van der Waals surface area contributed by atoms with Gasteiger partial charge in [-0.15, -0.1) is 11.6 Å². The van der Waals surface area contributed by atoms with E-state index in [4.69, 9.17) is 11.6 Å². The number of rotatable bonds is 7. The van der Waals surface area contributed by atoms with Crippen molar-refractivity contribution in [3.05, 3.63) is 0 Å². The van der Waals surface area contributed by atoms with E-state index in [1.165, 1.54) is 6.42 Å². The minimum absolute atomic E-state index is 0.211. The molecule has 96 valence electrons. The van der Waals surface area contributed by atoms with Crippen LogP contribution in [0.4, 0.5) is 13.2 Å². The highest BCUT2D eigenvalue weighted by molar-refractivity contribution is 6.17. The Morgan fingerprint density at radius 1 is 1.12 bits per heavy atom. The molecule has 0 aliphatic heterocycles. The Balaban J connectivity index is 2.21. The third-order valence-electron chi connectivity index (χ3n) is 3.08. The highest BCUT2D eigenvalue weighted by Gasteiger charge is 2.28. The summed E-state index contributed by atoms with van der Waals surface area (Å²) in [5.74, 6) is 0.586. The van der Waals surface area contributed by atoms with Gasteiger partial charge >= 0.3 is 6.18 Å². The van der Waals surface area contributed by atoms with Crippen molar-refractivity contribution in [2.75, 3.05) is 19.0 Å². The summed E-state index contributed by atoms with van der Waals surface area (Å²) < 4.78 is 36.0. The second-order valence-corrected chi connectivity index (χ2v) is 4.76. The van der Waals surface area contributed by atoms with Crippen LogP contribution in [-0.2, 0) is 0 Å². The third-order valence-corrected chi connectivity index (χ3v) is 3.34. The molecule has 1 nitrogen and oxygen atoms in total. The van der Waals surface area contributed by atoms with Crippen molar-refractivity contribution in [1.29, 1.82) is 0 Å². The minimum atomic E-state index is -4.02. The molecule has 0 saturated heterocycles. The molecule has 16 heavy (non-hydrogen) atoms. The summed E-state index contributed by atoms with van der Waals surface area (Å²) in [6.45, 7) is 1.40. The molecule has 0 radical (unpaired) electrons. The van der Waals surface area contributed by atoms with E-state index in [-0.39, 0.29) is 6.42 Å². The van der Waals surface area contributed by atoms with Crippen molar-refractivity contribution in [1.82, 2.24) is 4.90 Å². The molecule has 0 aromatic carbocycles. The SMILES string of the molecule is FC(F)(F)CCCN(CCCCl)C1CCC1. The fraction of sp³-hybridized carbons (Fsp3) is 1.00. The molecule has 1 rings (SSSR count). The molecule has 0 aromatic rings. The highest BCUT2D eigenvalue weighted by Crippen LogP contribution is 2.27. The van der Waals surface area contributed by atoms with Gasteiger partial charge in [0.25, 0.3) is 0 Å². The lowest BCUT2D eigenvalue weighted by molar-refractivity contribution is -0.136. The zero-order valence-electron chi connectivity index (χ0n) is 9.40. The molecule has 1 aliphatic carbocycles. The third kappa shape index (κ3) is 5.39. The summed E-state index contributed by atoms with van der Waals surface area (Å²) >= 11 is 5.61. The molecule has 0 amide bonds. The molecule has 0 heterocycles. The van der Waals surface area contributed by atoms with Crippen LogP contribution in [0.5, 0.6) is 0 Å². The van der Waals surface area contributed by atoms with Crippen molar-refractivity contribution in [2.45, 2.75) is 50.7 Å². The van der Waals surface area contributed by atoms with Crippen LogP contribution in [0.1, 0.15) is 38.5 Å². The molecular weight excluding hydrogens is 239 g/mol. The monoisotopic (exact) mass is 257 g/mol. The fourth-order valence-corrected chi connectivity index (χ4v) is 2.09. The molecule has 0 bridgehead atoms. The molecular formula is C11H19ClF3N. The second kappa shape index (κ2) is 6.70. The lowest BCUT2D eigenvalue weighted by Crippen LogP contribution is -2.41. The van der Waals surface area contributed by atoms with E-state index in [1.54, 1.807) is 0 Å². The van der Waals surface area contributed by atoms with Crippen LogP contribution in [0.25, 0.3) is 0 Å². The summed E-state index contributed by atoms with van der Waals surface area (Å²) in [4.78, 5) is 2.18. The zero-order chi connectivity index (χ0) is 12.0. The Morgan fingerprint density at radius 3 is 2.19 bits per heavy atom. The number of nitrogens with zero attached hydrogens (tertiary/aromatic N) is 1. The van der Waals surface area contributed by atoms with Crippen LogP contribution in [0.15, 0.2) is 0 Å². The Morgan fingerprint density at radius 2 is 1.75 bits per heavy atom. The molecule has 0 aromatic heterocycles. The minimum Gasteiger partial charge on any atom is -0.300 e. The van der Waals surface area contributed by atoms with Gasteiger partial charge in [0.15, 0.2) is 0 Å². The largest absolute Gasteiger partial charge is 0.389 e. The van der Waals surface area contributed by atoms with E-state index in [9.17, 15) is 13.2 Å². The van der Waals surface area contributed by atoms with Crippen molar-refractivity contribution >= 4 is 11.6 Å². The van der Waals surface area contributed by atoms with Crippen LogP contribution in [-0.4, -0.2) is 36.1 Å². The lowest BCUT2D eigenvalue weighted by Gasteiger charge is -2.37. The molecule has 1 saturated carbocycles. The molecule has 1 aliphatic rings. The average Bonchev–Trinajstić information content (AvgIpc) is 2.08. The number of hydrogen-bond acceptors (Lipinski definition) is 1. The summed E-state index contributed by atoms with van der Waals surface area (Å²) in [5.41, 5.74) is 0. The number of alkyl halides is 4. The van der Waals surface area contributed by atoms with E-state index in [1.807, 2.05) is 0 Å². The normalized spacial score (nSPS) is 17.8. The Labute approximate surface area is 99.9 Å². The van der Waals surface area contributed by atoms with Gasteiger partial charge in [0.1, 0.15) is 0 Å². The topological polar surface area (TPSA) is 3.24 Å². The van der Waals surface area contributed by atoms with Gasteiger partial charge in [0.2, 0.25) is 0 Å². The Kier molecular flexibility index (Phi) is 5.90. The molecule has 5 heteroatoms. The van der Waals surface area contributed by atoms with Crippen LogP contribution in [0.2, 0.25) is 0 Å². The molecule has 0 atom stereocenters. The first kappa shape index (κ1) is 14.1. The summed E-state index contributed by atoms with van der Waals surface area (Å²) in [7, 11) is 0. The first-order valence-electron chi connectivity index (χ1n) is 5.89. The van der Waals surface area contributed by atoms with Crippen molar-refractivity contribution in [3.8, 4) is 0 Å². The maximum absolute atomic E-state index is 12.0. The van der Waals surface area contributed by atoms with E-state index < -0.39 is 12.6 Å². The maximum Gasteiger partial charge on any atom is 0.389 e. The van der Waals surface area contributed by atoms with Crippen LogP contribution in [0.3, 0.4) is 0 Å². The van der Waals surface area contributed by atoms with Gasteiger partial charge in [0.05, 0.1) is 0 Å². The first-order valence-corrected chi connectivity index (χ1v) is 6.43. The highest BCUT2D eigenvalue weighted by atomic mass is 35.5. The molecule has 0 spiro atoms. The Bertz CT molecular complexity index is 192. The quantitative estimate of drug-likeness (QED) is 0.627. The molecule has 1 fully saturated rings. The van der Waals surface area contributed by atoms with Gasteiger partial charge in [0, 0.05) is 18.3 Å². The van der Waals surface area contributed by atoms with Crippen molar-refractivity contribution in [3.63, 3.8) is 0 Å². The average molecular weight is 258 g/mol. The van der Waals surface area contributed by atoms with E-state index in [0.29, 0.717) is 18.5 Å². The molecule has 0 unspecified atom stereocenters. The van der Waals surface area contributed by atoms with E-state index >= 15 is 0 Å². The van der Waals surface area contributed by atoms with E-state index in [0.717, 1.165) is 25.8 Å². The summed E-state index contributed by atoms with van der Waals surface area (Å²) in [6.07, 6.45) is -0.134. The lowest BCUT2D eigenvalue weighted by atomic mass is 9.91. The predicted octanol–water partition coefficient (Wildman–Crippen LogP) is 3.81. The maximum atomic E-state index is 12.0. The first-order chi connectivity index (χ1) is 7.53. The number of hydrogen-bond donors (Lipinski definition) is 0. The number of halogens is 4. The van der Waals surface area contributed by atoms with Gasteiger partial charge < -0.3 is 4.90 Å². The second-order valence-electron chi connectivity index (χ2n) is 4.38. The van der Waals surface area contributed by atoms with E-state index in [2.05, 4.69) is 4.90 Å². The standard InChI is InChI=1S/C11H19ClF3N/c12-7-3-9-16(10-4-1-5-10)8-2-6-11(13,14)15/h10H,1-9H2. The van der Waals surface area contributed by atoms with Gasteiger partial charge in [-0.25, -0.2) is 0 Å². The smallest absolute Gasteiger partial charge is 0.300 e. The van der Waals surface area contributed by atoms with Gasteiger partial charge in [-0.05, 0) is 38.8 Å². The van der Waals surface area contributed by atoms with Crippen LogP contribution in [0, 0.1) is 0 Å². The molecule has 0 N–H and O–H groups in total. The summed E-state index contributed by atoms with van der Waals surface area (Å²) in [6, 6.07) is 0.511. The van der Waals surface area contributed by atoms with Crippen molar-refractivity contribution < 1.29 is 13.2 Å². The van der Waals surface area contributed by atoms with Crippen LogP contribution >= 0.6 is 11.6 Å². The Hall–Kier alpha value is 0.0400. The predicted molar refractivity (Wildman–Crippen MR) is 59.8 cm³/mol.